The fraction of sp³-hybridized carbons (Fsp3) is 0.763. The molecular formula is C118H212O29. The van der Waals surface area contributed by atoms with Gasteiger partial charge in [-0.3, -0.25) is 0 Å². The molecule has 1 heterocycles. The first kappa shape index (κ1) is 143. The summed E-state index contributed by atoms with van der Waals surface area (Å²) in [5.74, 6) is 6.56. The van der Waals surface area contributed by atoms with Gasteiger partial charge in [0, 0.05) is 49.5 Å². The van der Waals surface area contributed by atoms with E-state index in [2.05, 4.69) is 93.5 Å². The van der Waals surface area contributed by atoms with E-state index >= 15 is 0 Å². The summed E-state index contributed by atoms with van der Waals surface area (Å²) in [4.78, 5) is 0. The molecule has 0 radical (unpaired) electrons. The van der Waals surface area contributed by atoms with Crippen LogP contribution in [-0.2, 0) is 95.4 Å². The Morgan fingerprint density at radius 3 is 0.707 bits per heavy atom. The van der Waals surface area contributed by atoms with Gasteiger partial charge in [-0.2, -0.15) is 0 Å². The van der Waals surface area contributed by atoms with Crippen molar-refractivity contribution in [2.24, 2.45) is 0 Å². The number of benzene rings is 4. The van der Waals surface area contributed by atoms with Gasteiger partial charge in [0.2, 0.25) is 0 Å². The van der Waals surface area contributed by atoms with E-state index in [-0.39, 0.29) is 78.8 Å². The van der Waals surface area contributed by atoms with E-state index in [9.17, 15) is 0 Å². The molecule has 858 valence electrons. The van der Waals surface area contributed by atoms with Crippen LogP contribution >= 0.6 is 0 Å². The van der Waals surface area contributed by atoms with Crippen molar-refractivity contribution in [1.82, 2.24) is 0 Å². The Labute approximate surface area is 893 Å². The third-order valence-electron chi connectivity index (χ3n) is 19.3. The smallest absolute Gasteiger partial charge is 0.199 e. The van der Waals surface area contributed by atoms with E-state index in [4.69, 9.17) is 137 Å². The second kappa shape index (κ2) is 92.1. The van der Waals surface area contributed by atoms with Crippen molar-refractivity contribution in [3.8, 4) is 51.7 Å². The average Bonchev–Trinajstić information content (AvgIpc) is 1.46. The molecule has 0 aliphatic heterocycles. The van der Waals surface area contributed by atoms with E-state index in [1.807, 2.05) is 254 Å². The predicted octanol–water partition coefficient (Wildman–Crippen LogP) is 25.7. The number of ether oxygens (including phenoxy) is 28. The van der Waals surface area contributed by atoms with Crippen molar-refractivity contribution in [2.75, 3.05) is 172 Å². The van der Waals surface area contributed by atoms with E-state index < -0.39 is 0 Å². The highest BCUT2D eigenvalue weighted by atomic mass is 16.7. The van der Waals surface area contributed by atoms with Crippen LogP contribution in [0, 0.1) is 0 Å². The molecule has 0 spiro atoms. The quantitative estimate of drug-likeness (QED) is 0.0258. The standard InChI is InChI=1S/C25H36O4.C21H36O6.C16H26O4.C14H24O5.C12H26O4.C12H24O2.C10H22O2.C8H18O2/c1-19(2)26-15-17-28-23-11-7-21(8-12-23)25(5,6)22-9-13-24(14-10-22)29-18-16-27-20(3)4;1-16(2)22-7-10-25-19-13-20(26-11-8-23-17(3)4)15-21(14-19)27-12-9-24-18(5)6;1-13(2)17-8-10-19-15-6-5-7-16(12-15)20-11-9-18-14(3)4;1-11(2)16-5-7-18-13-9-15-10-14(13)19-8-6-17-12(3)4;1-6-14-12(16-11(4)5)9-13-7-8-15-10(2)3;1-9(2)13-11-5-7-12(8-6-11)14-10(3)4;1-9(2)11-7-5-6-8-12-10(3)4;1-7(2)9-5-6-10-8(3)4/h7-14,19-20H,15-18H2,1-6H3;13-18H,7-12H2,1-6H3;5-7,12-14H,8-11H2,1-4H3;9-12H,5-8H2,1-4H3;10-12H,6-9H2,1-5H3;9-12H,5-8H2,1-4H3;9-10H,5-8H2,1-4H3;7-8H,5-6H2,1-4H3. The minimum Gasteiger partial charge on any atom is -0.491 e. The van der Waals surface area contributed by atoms with Gasteiger partial charge in [-0.15, -0.1) is 0 Å². The zero-order chi connectivity index (χ0) is 111. The number of unbranched alkanes of at least 4 members (excludes halogenated alkanes) is 1. The molecule has 0 saturated heterocycles. The summed E-state index contributed by atoms with van der Waals surface area (Å²) in [6.07, 6.45) is 14.9. The van der Waals surface area contributed by atoms with Gasteiger partial charge < -0.3 is 137 Å². The minimum atomic E-state index is -0.274. The molecule has 1 saturated carbocycles. The minimum absolute atomic E-state index is 0.113. The molecule has 147 heavy (non-hydrogen) atoms. The molecule has 5 aromatic rings. The topological polar surface area (TPSA) is 272 Å². The van der Waals surface area contributed by atoms with Crippen LogP contribution in [0.1, 0.15) is 306 Å². The lowest BCUT2D eigenvalue weighted by atomic mass is 9.78. The van der Waals surface area contributed by atoms with Crippen molar-refractivity contribution in [1.29, 1.82) is 0 Å². The molecule has 0 bridgehead atoms. The number of hydrogen-bond acceptors (Lipinski definition) is 29. The zero-order valence-electron chi connectivity index (χ0n) is 98.8. The predicted molar refractivity (Wildman–Crippen MR) is 591 cm³/mol. The lowest BCUT2D eigenvalue weighted by molar-refractivity contribution is -0.189. The van der Waals surface area contributed by atoms with Crippen molar-refractivity contribution >= 4 is 0 Å². The third kappa shape index (κ3) is 91.9. The molecule has 1 aliphatic carbocycles. The van der Waals surface area contributed by atoms with Crippen LogP contribution in [0.4, 0.5) is 0 Å². The van der Waals surface area contributed by atoms with Crippen LogP contribution in [0.3, 0.4) is 0 Å². The molecule has 1 atom stereocenters. The fourth-order valence-corrected chi connectivity index (χ4v) is 12.6. The molecule has 1 fully saturated rings. The van der Waals surface area contributed by atoms with Gasteiger partial charge in [-0.25, -0.2) is 0 Å². The van der Waals surface area contributed by atoms with Gasteiger partial charge in [-0.1, -0.05) is 44.2 Å². The Hall–Kier alpha value is -6.40. The van der Waals surface area contributed by atoms with Crippen molar-refractivity contribution in [2.45, 2.75) is 422 Å². The molecular weight excluding hydrogens is 1880 g/mol. The average molecular weight is 2090 g/mol. The van der Waals surface area contributed by atoms with Crippen LogP contribution in [-0.4, -0.2) is 294 Å². The Bertz CT molecular complexity index is 3400. The SMILES string of the molecule is CC(C)OC1CCC(OC(C)C)CC1.CC(C)OCCCCOC(C)C.CC(C)OCCOC(C)C.CC(C)OCCOc1cc(OCCOC(C)C)cc(OCCOC(C)C)c1.CC(C)OCCOc1ccc(C(C)(C)c2ccc(OCCOC(C)C)cc2)cc1.CC(C)OCCOc1cccc(OCCOC(C)C)c1.CC(C)OCCOc1cocc1OCCOC(C)C.CCOC(COCCOC(C)C)OC(C)C. The van der Waals surface area contributed by atoms with Crippen LogP contribution in [0.5, 0.6) is 51.7 Å². The molecule has 6 rings (SSSR count). The highest BCUT2D eigenvalue weighted by molar-refractivity contribution is 5.43. The van der Waals surface area contributed by atoms with Crippen LogP contribution in [0.15, 0.2) is 108 Å². The largest absolute Gasteiger partial charge is 0.491 e. The summed E-state index contributed by atoms with van der Waals surface area (Å²) in [7, 11) is 0. The third-order valence-corrected chi connectivity index (χ3v) is 19.3. The molecule has 29 nitrogen and oxygen atoms in total. The molecule has 0 N–H and O–H groups in total. The van der Waals surface area contributed by atoms with Crippen LogP contribution in [0.2, 0.25) is 0 Å². The number of hydrogen-bond donors (Lipinski definition) is 0. The fourth-order valence-electron chi connectivity index (χ4n) is 12.6. The first-order valence-corrected chi connectivity index (χ1v) is 54.7. The van der Waals surface area contributed by atoms with Crippen molar-refractivity contribution < 1.29 is 137 Å². The molecule has 1 aliphatic rings. The number of rotatable bonds is 73. The molecule has 4 aromatic carbocycles. The first-order chi connectivity index (χ1) is 69.7. The van der Waals surface area contributed by atoms with Gasteiger partial charge in [-0.05, 0) is 328 Å². The highest BCUT2D eigenvalue weighted by Crippen LogP contribution is 2.35. The van der Waals surface area contributed by atoms with Crippen molar-refractivity contribution in [3.05, 3.63) is 115 Å². The monoisotopic (exact) mass is 2090 g/mol. The molecule has 1 unspecified atom stereocenters. The molecule has 0 amide bonds. The number of furan rings is 1. The van der Waals surface area contributed by atoms with Crippen LogP contribution in [0.25, 0.3) is 0 Å². The lowest BCUT2D eigenvalue weighted by Crippen LogP contribution is -2.29. The maximum atomic E-state index is 5.79. The van der Waals surface area contributed by atoms with Crippen molar-refractivity contribution in [3.63, 3.8) is 0 Å². The van der Waals surface area contributed by atoms with Gasteiger partial charge >= 0.3 is 0 Å². The normalized spacial score (nSPS) is 13.3. The van der Waals surface area contributed by atoms with Crippen LogP contribution < -0.4 is 42.6 Å². The second-order valence-electron chi connectivity index (χ2n) is 40.0. The molecule has 1 aromatic heterocycles. The summed E-state index contributed by atoms with van der Waals surface area (Å²) in [6.45, 7) is 90.2. The van der Waals surface area contributed by atoms with Gasteiger partial charge in [0.1, 0.15) is 112 Å². The Morgan fingerprint density at radius 2 is 0.463 bits per heavy atom. The maximum Gasteiger partial charge on any atom is 0.199 e. The van der Waals surface area contributed by atoms with Gasteiger partial charge in [0.25, 0.3) is 0 Å². The Morgan fingerprint density at radius 1 is 0.238 bits per heavy atom. The summed E-state index contributed by atoms with van der Waals surface area (Å²) in [6, 6.07) is 29.8. The second-order valence-corrected chi connectivity index (χ2v) is 40.0. The van der Waals surface area contributed by atoms with E-state index in [0.717, 1.165) is 74.7 Å². The van der Waals surface area contributed by atoms with Gasteiger partial charge in [0.15, 0.2) is 17.8 Å². The molecule has 29 heteroatoms. The van der Waals surface area contributed by atoms with E-state index in [1.54, 1.807) is 0 Å². The zero-order valence-corrected chi connectivity index (χ0v) is 98.8. The summed E-state index contributed by atoms with van der Waals surface area (Å²) >= 11 is 0. The lowest BCUT2D eigenvalue weighted by Gasteiger charge is -2.30. The summed E-state index contributed by atoms with van der Waals surface area (Å²) in [5.41, 5.74) is 2.36. The highest BCUT2D eigenvalue weighted by Gasteiger charge is 2.26. The Kier molecular flexibility index (Phi) is 89.4. The maximum absolute atomic E-state index is 5.79. The first-order valence-electron chi connectivity index (χ1n) is 54.7. The van der Waals surface area contributed by atoms with E-state index in [0.29, 0.717) is 236 Å². The summed E-state index contributed by atoms with van der Waals surface area (Å²) < 4.78 is 160. The summed E-state index contributed by atoms with van der Waals surface area (Å²) in [5, 5.41) is 0. The van der Waals surface area contributed by atoms with E-state index in [1.165, 1.54) is 23.7 Å². The Balaban J connectivity index is 0. The van der Waals surface area contributed by atoms with Gasteiger partial charge in [0.05, 0.1) is 208 Å².